The second-order valence-electron chi connectivity index (χ2n) is 6.25. The molecule has 4 rings (SSSR count). The van der Waals surface area contributed by atoms with Gasteiger partial charge in [0.2, 0.25) is 0 Å². The van der Waals surface area contributed by atoms with E-state index in [1.807, 2.05) is 11.4 Å². The number of nitrogens with zero attached hydrogens (tertiary/aromatic N) is 3. The average molecular weight is 438 g/mol. The molecule has 3 nitrogen and oxygen atoms in total. The highest BCUT2D eigenvalue weighted by Gasteiger charge is 2.30. The molecule has 148 valence electrons. The molecule has 0 aliphatic carbocycles. The Bertz CT molecular complexity index is 1160. The van der Waals surface area contributed by atoms with Crippen LogP contribution in [0.3, 0.4) is 0 Å². The molecule has 0 aliphatic rings. The maximum absolute atomic E-state index is 14.2. The van der Waals surface area contributed by atoms with Crippen molar-refractivity contribution in [3.8, 4) is 33.2 Å². The van der Waals surface area contributed by atoms with Crippen molar-refractivity contribution in [2.24, 2.45) is 7.05 Å². The Morgan fingerprint density at radius 2 is 1.76 bits per heavy atom. The first-order valence-electron chi connectivity index (χ1n) is 8.36. The van der Waals surface area contributed by atoms with E-state index < -0.39 is 17.6 Å². The summed E-state index contributed by atoms with van der Waals surface area (Å²) in [4.78, 5) is 5.19. The van der Waals surface area contributed by atoms with Gasteiger partial charge in [-0.1, -0.05) is 29.8 Å². The lowest BCUT2D eigenvalue weighted by molar-refractivity contribution is -0.137. The number of hydrogen-bond donors (Lipinski definition) is 0. The molecular formula is C20H12ClF4N3S. The number of thiophene rings is 1. The van der Waals surface area contributed by atoms with Gasteiger partial charge in [-0.3, -0.25) is 0 Å². The first-order valence-corrected chi connectivity index (χ1v) is 9.62. The van der Waals surface area contributed by atoms with Gasteiger partial charge in [-0.25, -0.2) is 14.1 Å². The Labute approximate surface area is 172 Å². The molecule has 0 amide bonds. The lowest BCUT2D eigenvalue weighted by atomic mass is 10.1. The van der Waals surface area contributed by atoms with Crippen LogP contribution in [-0.2, 0) is 13.2 Å². The topological polar surface area (TPSA) is 30.7 Å². The summed E-state index contributed by atoms with van der Waals surface area (Å²) in [6, 6.07) is 11.1. The minimum absolute atomic E-state index is 0.120. The number of halogens is 5. The Morgan fingerprint density at radius 3 is 2.41 bits per heavy atom. The van der Waals surface area contributed by atoms with Gasteiger partial charge in [0.05, 0.1) is 16.1 Å². The molecule has 0 saturated carbocycles. The summed E-state index contributed by atoms with van der Waals surface area (Å²) in [5, 5.41) is 6.29. The van der Waals surface area contributed by atoms with Gasteiger partial charge in [0.25, 0.3) is 0 Å². The predicted octanol–water partition coefficient (Wildman–Crippen LogP) is 6.69. The van der Waals surface area contributed by atoms with E-state index in [-0.39, 0.29) is 16.4 Å². The van der Waals surface area contributed by atoms with Gasteiger partial charge in [-0.2, -0.15) is 18.3 Å². The second kappa shape index (κ2) is 7.27. The molecule has 0 spiro atoms. The fourth-order valence-electron chi connectivity index (χ4n) is 2.88. The average Bonchev–Trinajstić information content (AvgIpc) is 3.28. The Balaban J connectivity index is 1.68. The second-order valence-corrected chi connectivity index (χ2v) is 7.57. The molecule has 2 aromatic heterocycles. The summed E-state index contributed by atoms with van der Waals surface area (Å²) in [6.07, 6.45) is -4.37. The molecule has 0 radical (unpaired) electrons. The van der Waals surface area contributed by atoms with Crippen LogP contribution in [0.15, 0.2) is 53.9 Å². The molecule has 29 heavy (non-hydrogen) atoms. The molecule has 0 unspecified atom stereocenters. The zero-order valence-electron chi connectivity index (χ0n) is 14.8. The van der Waals surface area contributed by atoms with E-state index in [4.69, 9.17) is 11.6 Å². The third kappa shape index (κ3) is 3.77. The van der Waals surface area contributed by atoms with Crippen molar-refractivity contribution in [1.29, 1.82) is 0 Å². The standard InChI is InChI=1S/C20H12ClF4N3S/c1-28-19(26-18(27-28)17-14(21)3-2-4-15(17)22)12-9-16(29-10-12)11-5-7-13(8-6-11)20(23,24)25/h2-10H,1H3. The smallest absolute Gasteiger partial charge is 0.248 e. The number of rotatable bonds is 3. The number of alkyl halides is 3. The largest absolute Gasteiger partial charge is 0.416 e. The van der Waals surface area contributed by atoms with E-state index in [0.29, 0.717) is 11.4 Å². The van der Waals surface area contributed by atoms with E-state index in [0.717, 1.165) is 22.6 Å². The highest BCUT2D eigenvalue weighted by molar-refractivity contribution is 7.14. The first kappa shape index (κ1) is 19.6. The van der Waals surface area contributed by atoms with Crippen molar-refractivity contribution in [3.05, 3.63) is 70.3 Å². The van der Waals surface area contributed by atoms with E-state index in [1.165, 1.54) is 40.3 Å². The van der Waals surface area contributed by atoms with Crippen LogP contribution in [0.5, 0.6) is 0 Å². The third-order valence-electron chi connectivity index (χ3n) is 4.30. The normalized spacial score (nSPS) is 11.8. The molecule has 0 bridgehead atoms. The summed E-state index contributed by atoms with van der Waals surface area (Å²) in [6.45, 7) is 0. The Hall–Kier alpha value is -2.71. The molecule has 0 atom stereocenters. The van der Waals surface area contributed by atoms with Gasteiger partial charge in [-0.15, -0.1) is 11.3 Å². The van der Waals surface area contributed by atoms with Crippen molar-refractivity contribution >= 4 is 22.9 Å². The maximum atomic E-state index is 14.2. The third-order valence-corrected chi connectivity index (χ3v) is 5.60. The summed E-state index contributed by atoms with van der Waals surface area (Å²) in [5.41, 5.74) is 0.805. The number of benzene rings is 2. The molecule has 0 saturated heterocycles. The summed E-state index contributed by atoms with van der Waals surface area (Å²) >= 11 is 7.46. The highest BCUT2D eigenvalue weighted by Crippen LogP contribution is 2.36. The molecular weight excluding hydrogens is 426 g/mol. The van der Waals surface area contributed by atoms with Crippen molar-refractivity contribution in [1.82, 2.24) is 14.8 Å². The number of aryl methyl sites for hydroxylation is 1. The maximum Gasteiger partial charge on any atom is 0.416 e. The molecule has 0 fully saturated rings. The van der Waals surface area contributed by atoms with Crippen molar-refractivity contribution in [2.75, 3.05) is 0 Å². The van der Waals surface area contributed by atoms with E-state index in [2.05, 4.69) is 10.1 Å². The van der Waals surface area contributed by atoms with E-state index in [1.54, 1.807) is 13.1 Å². The van der Waals surface area contributed by atoms with Gasteiger partial charge in [0, 0.05) is 22.9 Å². The summed E-state index contributed by atoms with van der Waals surface area (Å²) in [5.74, 6) is 0.132. The monoisotopic (exact) mass is 437 g/mol. The number of hydrogen-bond acceptors (Lipinski definition) is 3. The fraction of sp³-hybridized carbons (Fsp3) is 0.100. The molecule has 0 aliphatic heterocycles. The van der Waals surface area contributed by atoms with Gasteiger partial charge in [-0.05, 0) is 35.9 Å². The van der Waals surface area contributed by atoms with Crippen molar-refractivity contribution < 1.29 is 17.6 Å². The Morgan fingerprint density at radius 1 is 1.03 bits per heavy atom. The molecule has 2 heterocycles. The van der Waals surface area contributed by atoms with E-state index in [9.17, 15) is 17.6 Å². The summed E-state index contributed by atoms with van der Waals surface area (Å²) < 4.78 is 53.9. The Kier molecular flexibility index (Phi) is 4.92. The van der Waals surface area contributed by atoms with Crippen molar-refractivity contribution in [2.45, 2.75) is 6.18 Å². The minimum Gasteiger partial charge on any atom is -0.248 e. The summed E-state index contributed by atoms with van der Waals surface area (Å²) in [7, 11) is 1.68. The SMILES string of the molecule is Cn1nc(-c2c(F)cccc2Cl)nc1-c1csc(-c2ccc(C(F)(F)F)cc2)c1. The lowest BCUT2D eigenvalue weighted by Gasteiger charge is -2.06. The molecule has 2 aromatic carbocycles. The fourth-order valence-corrected chi connectivity index (χ4v) is 4.02. The van der Waals surface area contributed by atoms with Crippen LogP contribution in [0.4, 0.5) is 17.6 Å². The van der Waals surface area contributed by atoms with Gasteiger partial charge in [0.1, 0.15) is 5.82 Å². The zero-order valence-corrected chi connectivity index (χ0v) is 16.4. The van der Waals surface area contributed by atoms with E-state index >= 15 is 0 Å². The molecule has 4 aromatic rings. The first-order chi connectivity index (χ1) is 13.7. The van der Waals surface area contributed by atoms with Crippen LogP contribution in [0, 0.1) is 5.82 Å². The van der Waals surface area contributed by atoms with Gasteiger partial charge >= 0.3 is 6.18 Å². The minimum atomic E-state index is -4.37. The quantitative estimate of drug-likeness (QED) is 0.334. The van der Waals surface area contributed by atoms with Crippen LogP contribution >= 0.6 is 22.9 Å². The molecule has 0 N–H and O–H groups in total. The zero-order chi connectivity index (χ0) is 20.8. The van der Waals surface area contributed by atoms with Crippen LogP contribution in [0.25, 0.3) is 33.2 Å². The van der Waals surface area contributed by atoms with Crippen LogP contribution in [0.1, 0.15) is 5.56 Å². The van der Waals surface area contributed by atoms with Crippen LogP contribution in [-0.4, -0.2) is 14.8 Å². The van der Waals surface area contributed by atoms with Crippen LogP contribution < -0.4 is 0 Å². The van der Waals surface area contributed by atoms with Crippen molar-refractivity contribution in [3.63, 3.8) is 0 Å². The van der Waals surface area contributed by atoms with Gasteiger partial charge in [0.15, 0.2) is 11.6 Å². The lowest BCUT2D eigenvalue weighted by Crippen LogP contribution is -2.03. The number of aromatic nitrogens is 3. The van der Waals surface area contributed by atoms with Gasteiger partial charge < -0.3 is 0 Å². The highest BCUT2D eigenvalue weighted by atomic mass is 35.5. The van der Waals surface area contributed by atoms with Crippen LogP contribution in [0.2, 0.25) is 5.02 Å². The predicted molar refractivity (Wildman–Crippen MR) is 105 cm³/mol. The molecule has 9 heteroatoms.